The molecule has 0 aromatic rings. The lowest BCUT2D eigenvalue weighted by Gasteiger charge is -2.27. The first kappa shape index (κ1) is 18.9. The largest absolute Gasteiger partial charge is 0.444 e. The van der Waals surface area contributed by atoms with E-state index in [1.807, 2.05) is 24.3 Å². The average molecular weight is 366 g/mol. The highest BCUT2D eigenvalue weighted by Crippen LogP contribution is 2.37. The van der Waals surface area contributed by atoms with Gasteiger partial charge in [0.15, 0.2) is 18.2 Å². The first-order valence-corrected chi connectivity index (χ1v) is 8.70. The van der Waals surface area contributed by atoms with E-state index in [0.29, 0.717) is 0 Å². The van der Waals surface area contributed by atoms with Crippen molar-refractivity contribution in [3.05, 3.63) is 24.3 Å². The summed E-state index contributed by atoms with van der Waals surface area (Å²) >= 11 is 0. The monoisotopic (exact) mass is 366 g/mol. The Morgan fingerprint density at radius 3 is 2.35 bits per heavy atom. The van der Waals surface area contributed by atoms with Crippen LogP contribution in [0.1, 0.15) is 34.6 Å². The van der Waals surface area contributed by atoms with Crippen molar-refractivity contribution in [2.45, 2.75) is 76.6 Å². The van der Waals surface area contributed by atoms with Gasteiger partial charge in [0, 0.05) is 0 Å². The molecule has 8 heteroatoms. The number of carbonyl (C=O) groups is 2. The summed E-state index contributed by atoms with van der Waals surface area (Å²) in [6, 6.07) is -0.932. The van der Waals surface area contributed by atoms with Crippen LogP contribution in [0.2, 0.25) is 0 Å². The third-order valence-corrected chi connectivity index (χ3v) is 4.05. The summed E-state index contributed by atoms with van der Waals surface area (Å²) in [6.45, 7) is 8.80. The molecule has 0 unspecified atom stereocenters. The number of hydrogen-bond donors (Lipinski definition) is 2. The van der Waals surface area contributed by atoms with Gasteiger partial charge >= 0.3 is 6.09 Å². The maximum Gasteiger partial charge on any atom is 0.408 e. The zero-order valence-electron chi connectivity index (χ0n) is 15.6. The average Bonchev–Trinajstić information content (AvgIpc) is 3.13. The van der Waals surface area contributed by atoms with Crippen molar-refractivity contribution in [2.24, 2.45) is 0 Å². The van der Waals surface area contributed by atoms with Gasteiger partial charge in [0.1, 0.15) is 11.7 Å². The molecule has 2 amide bonds. The van der Waals surface area contributed by atoms with Gasteiger partial charge in [0.25, 0.3) is 5.91 Å². The van der Waals surface area contributed by atoms with E-state index >= 15 is 0 Å². The molecule has 1 aliphatic carbocycles. The van der Waals surface area contributed by atoms with Crippen LogP contribution in [-0.4, -0.2) is 54.0 Å². The quantitative estimate of drug-likeness (QED) is 0.783. The molecule has 0 aromatic carbocycles. The van der Waals surface area contributed by atoms with E-state index in [9.17, 15) is 9.59 Å². The summed E-state index contributed by atoms with van der Waals surface area (Å²) in [5, 5.41) is 5.55. The molecule has 0 bridgehead atoms. The Morgan fingerprint density at radius 2 is 1.73 bits per heavy atom. The molecule has 144 valence electrons. The molecule has 2 fully saturated rings. The molecule has 0 aromatic heterocycles. The van der Waals surface area contributed by atoms with Crippen LogP contribution in [0.3, 0.4) is 0 Å². The van der Waals surface area contributed by atoms with Gasteiger partial charge < -0.3 is 29.6 Å². The Balaban J connectivity index is 1.72. The zero-order valence-corrected chi connectivity index (χ0v) is 15.6. The Hall–Kier alpha value is -1.90. The summed E-state index contributed by atoms with van der Waals surface area (Å²) < 4.78 is 22.6. The van der Waals surface area contributed by atoms with E-state index in [2.05, 4.69) is 10.6 Å². The Morgan fingerprint density at radius 1 is 1.08 bits per heavy atom. The number of hydrogen-bond acceptors (Lipinski definition) is 6. The second-order valence-electron chi connectivity index (χ2n) is 8.00. The molecule has 4 atom stereocenters. The van der Waals surface area contributed by atoms with E-state index in [1.165, 1.54) is 0 Å². The molecule has 2 aliphatic heterocycles. The highest BCUT2D eigenvalue weighted by atomic mass is 16.8. The van der Waals surface area contributed by atoms with Crippen molar-refractivity contribution in [3.63, 3.8) is 0 Å². The number of allylic oxidation sites excluding steroid dienone is 2. The molecule has 8 nitrogen and oxygen atoms in total. The molecular formula is C18H26N2O6. The van der Waals surface area contributed by atoms with Crippen molar-refractivity contribution in [1.82, 2.24) is 10.6 Å². The molecule has 2 saturated heterocycles. The Bertz CT molecular complexity index is 624. The smallest absolute Gasteiger partial charge is 0.408 e. The van der Waals surface area contributed by atoms with Crippen molar-refractivity contribution in [1.29, 1.82) is 0 Å². The van der Waals surface area contributed by atoms with Gasteiger partial charge in [-0.2, -0.15) is 0 Å². The lowest BCUT2D eigenvalue weighted by molar-refractivity contribution is -0.208. The minimum Gasteiger partial charge on any atom is -0.444 e. The SMILES string of the molecule is CC(C)(C)OC(=O)N[C@H]1[C@H]2OC(C)(C)O[C@H]2O[C@H]1C(=O)NC1C=CC=C1. The number of fused-ring (bicyclic) bond motifs is 1. The molecule has 2 N–H and O–H groups in total. The standard InChI is InChI=1S/C18H26N2O6/c1-17(2,3)26-16(22)20-11-12(14(21)19-10-8-6-7-9-10)23-15-13(11)24-18(4,5)25-15/h6-13,15H,1-5H3,(H,19,21)(H,20,22)/t11-,12-,13-,15-/m1/s1. The van der Waals surface area contributed by atoms with Crippen LogP contribution < -0.4 is 10.6 Å². The third kappa shape index (κ3) is 4.25. The predicted octanol–water partition coefficient (Wildman–Crippen LogP) is 1.37. The normalized spacial score (nSPS) is 32.5. The van der Waals surface area contributed by atoms with E-state index in [4.69, 9.17) is 18.9 Å². The summed E-state index contributed by atoms with van der Waals surface area (Å²) in [7, 11) is 0. The number of rotatable bonds is 3. The lowest BCUT2D eigenvalue weighted by atomic mass is 10.1. The van der Waals surface area contributed by atoms with Gasteiger partial charge in [-0.05, 0) is 34.6 Å². The molecule has 3 aliphatic rings. The Kier molecular flexibility index (Phi) is 4.85. The predicted molar refractivity (Wildman–Crippen MR) is 92.1 cm³/mol. The van der Waals surface area contributed by atoms with Crippen molar-refractivity contribution in [3.8, 4) is 0 Å². The lowest BCUT2D eigenvalue weighted by Crippen LogP contribution is -2.54. The van der Waals surface area contributed by atoms with Gasteiger partial charge in [0.05, 0.1) is 12.1 Å². The van der Waals surface area contributed by atoms with E-state index in [0.717, 1.165) is 0 Å². The number of carbonyl (C=O) groups excluding carboxylic acids is 2. The zero-order chi connectivity index (χ0) is 19.1. The van der Waals surface area contributed by atoms with Gasteiger partial charge in [-0.3, -0.25) is 4.79 Å². The van der Waals surface area contributed by atoms with Gasteiger partial charge in [-0.1, -0.05) is 24.3 Å². The number of nitrogens with one attached hydrogen (secondary N) is 2. The second kappa shape index (κ2) is 6.68. The molecule has 3 rings (SSSR count). The second-order valence-corrected chi connectivity index (χ2v) is 8.00. The fourth-order valence-corrected chi connectivity index (χ4v) is 3.11. The topological polar surface area (TPSA) is 95.1 Å². The molecule has 0 saturated carbocycles. The van der Waals surface area contributed by atoms with Crippen LogP contribution in [-0.2, 0) is 23.7 Å². The maximum atomic E-state index is 12.7. The first-order valence-electron chi connectivity index (χ1n) is 8.70. The summed E-state index contributed by atoms with van der Waals surface area (Å²) in [6.07, 6.45) is 4.45. The van der Waals surface area contributed by atoms with Crippen LogP contribution in [0.4, 0.5) is 4.79 Å². The van der Waals surface area contributed by atoms with Crippen LogP contribution in [0, 0.1) is 0 Å². The fourth-order valence-electron chi connectivity index (χ4n) is 3.11. The fraction of sp³-hybridized carbons (Fsp3) is 0.667. The summed E-state index contributed by atoms with van der Waals surface area (Å²) in [4.78, 5) is 24.9. The van der Waals surface area contributed by atoms with Gasteiger partial charge in [-0.25, -0.2) is 4.79 Å². The highest BCUT2D eigenvalue weighted by molar-refractivity contribution is 5.84. The van der Waals surface area contributed by atoms with Crippen LogP contribution in [0.15, 0.2) is 24.3 Å². The van der Waals surface area contributed by atoms with Crippen LogP contribution >= 0.6 is 0 Å². The first-order chi connectivity index (χ1) is 12.0. The minimum atomic E-state index is -0.948. The van der Waals surface area contributed by atoms with E-state index in [1.54, 1.807) is 34.6 Å². The minimum absolute atomic E-state index is 0.202. The highest BCUT2D eigenvalue weighted by Gasteiger charge is 2.57. The Labute approximate surface area is 152 Å². The van der Waals surface area contributed by atoms with Crippen molar-refractivity contribution in [2.75, 3.05) is 0 Å². The molecule has 26 heavy (non-hydrogen) atoms. The van der Waals surface area contributed by atoms with Crippen molar-refractivity contribution < 1.29 is 28.5 Å². The molecule has 2 heterocycles. The summed E-state index contributed by atoms with van der Waals surface area (Å²) in [5.74, 6) is -1.21. The molecule has 0 spiro atoms. The number of alkyl carbamates (subject to hydrolysis) is 1. The third-order valence-electron chi connectivity index (χ3n) is 4.05. The van der Waals surface area contributed by atoms with Gasteiger partial charge in [0.2, 0.25) is 0 Å². The molecular weight excluding hydrogens is 340 g/mol. The van der Waals surface area contributed by atoms with Crippen LogP contribution in [0.25, 0.3) is 0 Å². The number of amides is 2. The van der Waals surface area contributed by atoms with E-state index in [-0.39, 0.29) is 11.9 Å². The summed E-state index contributed by atoms with van der Waals surface area (Å²) in [5.41, 5.74) is -0.660. The maximum absolute atomic E-state index is 12.7. The molecule has 0 radical (unpaired) electrons. The van der Waals surface area contributed by atoms with Gasteiger partial charge in [-0.15, -0.1) is 0 Å². The van der Waals surface area contributed by atoms with E-state index < -0.39 is 42.0 Å². The van der Waals surface area contributed by atoms with Crippen molar-refractivity contribution >= 4 is 12.0 Å². The number of ether oxygens (including phenoxy) is 4. The van der Waals surface area contributed by atoms with Crippen LogP contribution in [0.5, 0.6) is 0 Å².